The number of benzene rings is 2. The molecular weight excluding hydrogens is 252 g/mol. The molecule has 0 amide bonds. The van der Waals surface area contributed by atoms with Crippen molar-refractivity contribution in [1.82, 2.24) is 0 Å². The van der Waals surface area contributed by atoms with Crippen molar-refractivity contribution in [3.05, 3.63) is 76.9 Å². The van der Waals surface area contributed by atoms with Crippen LogP contribution in [0.5, 0.6) is 0 Å². The summed E-state index contributed by atoms with van der Waals surface area (Å²) in [6.07, 6.45) is 8.90. The monoisotopic (exact) mass is 272 g/mol. The van der Waals surface area contributed by atoms with Gasteiger partial charge >= 0.3 is 0 Å². The lowest BCUT2D eigenvalue weighted by molar-refractivity contribution is 0.855. The van der Waals surface area contributed by atoms with Gasteiger partial charge < -0.3 is 0 Å². The molecule has 0 aliphatic heterocycles. The molecule has 0 spiro atoms. The van der Waals surface area contributed by atoms with Crippen LogP contribution in [0.1, 0.15) is 41.0 Å². The zero-order valence-corrected chi connectivity index (χ0v) is 12.7. The van der Waals surface area contributed by atoms with E-state index in [-0.39, 0.29) is 0 Å². The molecule has 0 heteroatoms. The SMILES string of the molecule is C=CC1CC2=C(CC=C2)c2cccc3c(C)c(C)cc1c23. The first-order valence-corrected chi connectivity index (χ1v) is 7.75. The van der Waals surface area contributed by atoms with E-state index in [2.05, 4.69) is 62.9 Å². The molecule has 0 saturated heterocycles. The molecule has 0 nitrogen and oxygen atoms in total. The molecule has 0 aromatic heterocycles. The van der Waals surface area contributed by atoms with Crippen LogP contribution in [0.4, 0.5) is 0 Å². The first-order chi connectivity index (χ1) is 10.2. The van der Waals surface area contributed by atoms with Gasteiger partial charge in [-0.3, -0.25) is 0 Å². The third kappa shape index (κ3) is 1.68. The third-order valence-corrected chi connectivity index (χ3v) is 5.20. The summed E-state index contributed by atoms with van der Waals surface area (Å²) in [5, 5.41) is 2.87. The van der Waals surface area contributed by atoms with Crippen LogP contribution >= 0.6 is 0 Å². The molecule has 0 N–H and O–H groups in total. The van der Waals surface area contributed by atoms with E-state index >= 15 is 0 Å². The van der Waals surface area contributed by atoms with Crippen LogP contribution in [-0.2, 0) is 0 Å². The average Bonchev–Trinajstić information content (AvgIpc) is 2.91. The van der Waals surface area contributed by atoms with E-state index in [4.69, 9.17) is 0 Å². The van der Waals surface area contributed by atoms with Gasteiger partial charge in [0.05, 0.1) is 0 Å². The molecule has 4 rings (SSSR count). The fourth-order valence-electron chi connectivity index (χ4n) is 3.93. The lowest BCUT2D eigenvalue weighted by Gasteiger charge is -2.18. The average molecular weight is 272 g/mol. The summed E-state index contributed by atoms with van der Waals surface area (Å²) in [7, 11) is 0. The molecule has 1 atom stereocenters. The van der Waals surface area contributed by atoms with Gasteiger partial charge in [-0.05, 0) is 70.9 Å². The van der Waals surface area contributed by atoms with Crippen molar-refractivity contribution in [1.29, 1.82) is 0 Å². The zero-order valence-electron chi connectivity index (χ0n) is 12.7. The van der Waals surface area contributed by atoms with Gasteiger partial charge in [0.25, 0.3) is 0 Å². The van der Waals surface area contributed by atoms with Gasteiger partial charge in [0.2, 0.25) is 0 Å². The Morgan fingerprint density at radius 1 is 1.24 bits per heavy atom. The van der Waals surface area contributed by atoms with Crippen molar-refractivity contribution in [2.24, 2.45) is 0 Å². The van der Waals surface area contributed by atoms with Gasteiger partial charge in [-0.2, -0.15) is 0 Å². The molecule has 0 fully saturated rings. The topological polar surface area (TPSA) is 0 Å². The molecule has 1 unspecified atom stereocenters. The Hall–Kier alpha value is -2.08. The molecule has 2 aromatic carbocycles. The highest BCUT2D eigenvalue weighted by Gasteiger charge is 2.25. The smallest absolute Gasteiger partial charge is 0.00622 e. The van der Waals surface area contributed by atoms with Crippen LogP contribution in [-0.4, -0.2) is 0 Å². The second-order valence-corrected chi connectivity index (χ2v) is 6.29. The maximum absolute atomic E-state index is 4.11. The van der Waals surface area contributed by atoms with Crippen LogP contribution in [0.15, 0.2) is 54.6 Å². The highest BCUT2D eigenvalue weighted by Crippen LogP contribution is 2.45. The predicted octanol–water partition coefficient (Wildman–Crippen LogP) is 5.84. The van der Waals surface area contributed by atoms with Crippen LogP contribution < -0.4 is 0 Å². The minimum Gasteiger partial charge on any atom is -0.102 e. The minimum atomic E-state index is 0.420. The summed E-state index contributed by atoms with van der Waals surface area (Å²) in [6.45, 7) is 8.58. The molecule has 0 bridgehead atoms. The Labute approximate surface area is 126 Å². The molecular formula is C21H20. The molecule has 2 aromatic rings. The second-order valence-electron chi connectivity index (χ2n) is 6.29. The fourth-order valence-corrected chi connectivity index (χ4v) is 3.93. The fraction of sp³-hybridized carbons (Fsp3) is 0.238. The Kier molecular flexibility index (Phi) is 2.68. The Morgan fingerprint density at radius 2 is 2.10 bits per heavy atom. The van der Waals surface area contributed by atoms with Gasteiger partial charge in [0, 0.05) is 5.92 Å². The molecule has 2 aliphatic carbocycles. The first-order valence-electron chi connectivity index (χ1n) is 7.75. The normalized spacial score (nSPS) is 19.8. The molecule has 0 radical (unpaired) electrons. The van der Waals surface area contributed by atoms with Gasteiger partial charge in [-0.15, -0.1) is 6.58 Å². The Bertz CT molecular complexity index is 831. The maximum Gasteiger partial charge on any atom is 0.00622 e. The largest absolute Gasteiger partial charge is 0.102 e. The molecule has 104 valence electrons. The molecule has 0 saturated carbocycles. The highest BCUT2D eigenvalue weighted by molar-refractivity contribution is 6.01. The standard InChI is InChI=1S/C21H20/c1-4-15-12-16-7-5-9-18(16)19-10-6-8-17-14(3)13(2)11-20(15)21(17)19/h4-8,10-11,15H,1,9,12H2,2-3H3. The van der Waals surface area contributed by atoms with Crippen LogP contribution in [0.3, 0.4) is 0 Å². The lowest BCUT2D eigenvalue weighted by atomic mass is 9.86. The minimum absolute atomic E-state index is 0.420. The van der Waals surface area contributed by atoms with Crippen LogP contribution in [0, 0.1) is 13.8 Å². The molecule has 2 aliphatic rings. The van der Waals surface area contributed by atoms with Crippen molar-refractivity contribution >= 4 is 16.3 Å². The Balaban J connectivity index is 2.18. The summed E-state index contributed by atoms with van der Waals surface area (Å²) in [5.41, 5.74) is 8.72. The summed E-state index contributed by atoms with van der Waals surface area (Å²) in [4.78, 5) is 0. The van der Waals surface area contributed by atoms with Gasteiger partial charge in [-0.1, -0.05) is 42.5 Å². The Morgan fingerprint density at radius 3 is 2.90 bits per heavy atom. The quantitative estimate of drug-likeness (QED) is 0.572. The van der Waals surface area contributed by atoms with E-state index in [0.29, 0.717) is 5.92 Å². The van der Waals surface area contributed by atoms with Gasteiger partial charge in [0.1, 0.15) is 0 Å². The third-order valence-electron chi connectivity index (χ3n) is 5.20. The number of allylic oxidation sites excluding steroid dienone is 5. The number of hydrogen-bond acceptors (Lipinski definition) is 0. The predicted molar refractivity (Wildman–Crippen MR) is 91.7 cm³/mol. The van der Waals surface area contributed by atoms with E-state index in [1.54, 1.807) is 0 Å². The number of hydrogen-bond donors (Lipinski definition) is 0. The van der Waals surface area contributed by atoms with Crippen molar-refractivity contribution in [2.75, 3.05) is 0 Å². The number of fused-ring (bicyclic) bond motifs is 1. The maximum atomic E-state index is 4.11. The van der Waals surface area contributed by atoms with Crippen molar-refractivity contribution < 1.29 is 0 Å². The van der Waals surface area contributed by atoms with E-state index in [9.17, 15) is 0 Å². The summed E-state index contributed by atoms with van der Waals surface area (Å²) >= 11 is 0. The lowest BCUT2D eigenvalue weighted by Crippen LogP contribution is -1.99. The van der Waals surface area contributed by atoms with E-state index in [1.807, 2.05) is 0 Å². The molecule has 0 heterocycles. The molecule has 21 heavy (non-hydrogen) atoms. The van der Waals surface area contributed by atoms with E-state index in [1.165, 1.54) is 44.2 Å². The highest BCUT2D eigenvalue weighted by atomic mass is 14.3. The second kappa shape index (κ2) is 4.46. The number of rotatable bonds is 1. The van der Waals surface area contributed by atoms with E-state index in [0.717, 1.165) is 12.8 Å². The van der Waals surface area contributed by atoms with Gasteiger partial charge in [-0.25, -0.2) is 0 Å². The number of aryl methyl sites for hydroxylation is 2. The van der Waals surface area contributed by atoms with Crippen molar-refractivity contribution in [3.63, 3.8) is 0 Å². The van der Waals surface area contributed by atoms with Crippen LogP contribution in [0.2, 0.25) is 0 Å². The zero-order chi connectivity index (χ0) is 14.6. The van der Waals surface area contributed by atoms with Crippen molar-refractivity contribution in [3.8, 4) is 0 Å². The summed E-state index contributed by atoms with van der Waals surface area (Å²) in [6, 6.07) is 9.18. The summed E-state index contributed by atoms with van der Waals surface area (Å²) < 4.78 is 0. The van der Waals surface area contributed by atoms with Gasteiger partial charge in [0.15, 0.2) is 0 Å². The summed E-state index contributed by atoms with van der Waals surface area (Å²) in [5.74, 6) is 0.420. The van der Waals surface area contributed by atoms with Crippen LogP contribution in [0.25, 0.3) is 16.3 Å². The first kappa shape index (κ1) is 12.6. The van der Waals surface area contributed by atoms with Crippen molar-refractivity contribution in [2.45, 2.75) is 32.6 Å². The van der Waals surface area contributed by atoms with E-state index < -0.39 is 0 Å².